The Kier molecular flexibility index (Phi) is 6.93. The predicted octanol–water partition coefficient (Wildman–Crippen LogP) is 4.99. The summed E-state index contributed by atoms with van der Waals surface area (Å²) >= 11 is 0. The van der Waals surface area contributed by atoms with Crippen molar-refractivity contribution < 1.29 is 19.4 Å². The van der Waals surface area contributed by atoms with Gasteiger partial charge in [-0.1, -0.05) is 78.9 Å². The Morgan fingerprint density at radius 2 is 1.40 bits per heavy atom. The summed E-state index contributed by atoms with van der Waals surface area (Å²) in [6, 6.07) is 25.5. The van der Waals surface area contributed by atoms with Gasteiger partial charge < -0.3 is 9.84 Å². The van der Waals surface area contributed by atoms with Crippen molar-refractivity contribution in [1.82, 2.24) is 5.32 Å². The van der Waals surface area contributed by atoms with Crippen molar-refractivity contribution in [2.24, 2.45) is 0 Å². The molecule has 0 heterocycles. The van der Waals surface area contributed by atoms with Crippen LogP contribution < -0.4 is 5.32 Å². The zero-order chi connectivity index (χ0) is 25.2. The Bertz CT molecular complexity index is 1170. The topological polar surface area (TPSA) is 75.6 Å². The van der Waals surface area contributed by atoms with Crippen LogP contribution in [-0.4, -0.2) is 34.6 Å². The van der Waals surface area contributed by atoms with Gasteiger partial charge in [0.1, 0.15) is 17.4 Å². The van der Waals surface area contributed by atoms with Crippen molar-refractivity contribution in [2.45, 2.75) is 63.8 Å². The van der Waals surface area contributed by atoms with E-state index in [1.165, 1.54) is 6.92 Å². The minimum Gasteiger partial charge on any atom is -0.459 e. The fraction of sp³-hybridized carbons (Fsp3) is 0.333. The smallest absolute Gasteiger partial charge is 0.323 e. The summed E-state index contributed by atoms with van der Waals surface area (Å²) < 4.78 is 5.78. The van der Waals surface area contributed by atoms with E-state index in [1.807, 2.05) is 75.4 Å². The van der Waals surface area contributed by atoms with Gasteiger partial charge in [0.25, 0.3) is 0 Å². The number of carbonyl (C=O) groups excluding carboxylic acids is 2. The van der Waals surface area contributed by atoms with Gasteiger partial charge in [0.05, 0.1) is 11.6 Å². The predicted molar refractivity (Wildman–Crippen MR) is 137 cm³/mol. The van der Waals surface area contributed by atoms with E-state index in [-0.39, 0.29) is 18.6 Å². The summed E-state index contributed by atoms with van der Waals surface area (Å²) in [5, 5.41) is 14.3. The fourth-order valence-electron chi connectivity index (χ4n) is 5.01. The molecule has 0 saturated heterocycles. The molecule has 1 aliphatic rings. The summed E-state index contributed by atoms with van der Waals surface area (Å²) in [5.74, 6) is -0.591. The van der Waals surface area contributed by atoms with Crippen molar-refractivity contribution in [3.63, 3.8) is 0 Å². The minimum absolute atomic E-state index is 0.0213. The molecule has 0 saturated carbocycles. The molecule has 3 aromatic carbocycles. The molecule has 0 unspecified atom stereocenters. The summed E-state index contributed by atoms with van der Waals surface area (Å²) in [6.07, 6.45) is -0.947. The average molecular weight is 472 g/mol. The van der Waals surface area contributed by atoms with E-state index in [9.17, 15) is 14.7 Å². The van der Waals surface area contributed by atoms with Gasteiger partial charge in [-0.3, -0.25) is 14.9 Å². The molecule has 0 amide bonds. The zero-order valence-corrected chi connectivity index (χ0v) is 20.7. The van der Waals surface area contributed by atoms with Crippen LogP contribution in [0.1, 0.15) is 57.2 Å². The van der Waals surface area contributed by atoms with Crippen molar-refractivity contribution in [1.29, 1.82) is 0 Å². The average Bonchev–Trinajstić information content (AvgIpc) is 3.09. The molecule has 0 fully saturated rings. The monoisotopic (exact) mass is 471 g/mol. The lowest BCUT2D eigenvalue weighted by Gasteiger charge is -2.38. The molecule has 1 aliphatic carbocycles. The molecular formula is C30H33NO4. The molecule has 182 valence electrons. The maximum Gasteiger partial charge on any atom is 0.323 e. The van der Waals surface area contributed by atoms with Gasteiger partial charge in [-0.05, 0) is 61.9 Å². The molecule has 5 heteroatoms. The first-order valence-corrected chi connectivity index (χ1v) is 12.0. The van der Waals surface area contributed by atoms with Crippen LogP contribution in [0.5, 0.6) is 0 Å². The number of esters is 1. The van der Waals surface area contributed by atoms with Crippen LogP contribution in [0, 0.1) is 0 Å². The second-order valence-electron chi connectivity index (χ2n) is 10.2. The lowest BCUT2D eigenvalue weighted by atomic mass is 9.79. The molecule has 0 spiro atoms. The number of nitrogens with one attached hydrogen (secondary N) is 1. The highest BCUT2D eigenvalue weighted by atomic mass is 16.6. The van der Waals surface area contributed by atoms with Crippen molar-refractivity contribution in [2.75, 3.05) is 0 Å². The Morgan fingerprint density at radius 1 is 0.886 bits per heavy atom. The number of aliphatic hydroxyl groups is 1. The quantitative estimate of drug-likeness (QED) is 0.453. The lowest BCUT2D eigenvalue weighted by Crippen LogP contribution is -2.54. The molecule has 5 nitrogen and oxygen atoms in total. The number of rotatable bonds is 8. The van der Waals surface area contributed by atoms with E-state index in [4.69, 9.17) is 4.74 Å². The fourth-order valence-corrected chi connectivity index (χ4v) is 5.01. The van der Waals surface area contributed by atoms with Gasteiger partial charge in [-0.15, -0.1) is 0 Å². The van der Waals surface area contributed by atoms with E-state index in [2.05, 4.69) is 29.6 Å². The van der Waals surface area contributed by atoms with Crippen LogP contribution >= 0.6 is 0 Å². The molecule has 0 bridgehead atoms. The molecule has 0 aliphatic heterocycles. The molecule has 2 N–H and O–H groups in total. The Labute approximate surface area is 207 Å². The van der Waals surface area contributed by atoms with Gasteiger partial charge in [-0.2, -0.15) is 0 Å². The first-order valence-electron chi connectivity index (χ1n) is 12.0. The molecule has 4 rings (SSSR count). The number of fused-ring (bicyclic) bond motifs is 3. The van der Waals surface area contributed by atoms with Crippen LogP contribution in [0.3, 0.4) is 0 Å². The third-order valence-electron chi connectivity index (χ3n) is 6.27. The normalized spacial score (nSPS) is 15.6. The maximum atomic E-state index is 13.5. The van der Waals surface area contributed by atoms with Gasteiger partial charge in [0, 0.05) is 6.42 Å². The second-order valence-corrected chi connectivity index (χ2v) is 10.2. The molecular weight excluding hydrogens is 438 g/mol. The molecule has 2 atom stereocenters. The summed E-state index contributed by atoms with van der Waals surface area (Å²) in [5.41, 5.74) is 3.68. The molecule has 0 radical (unpaired) electrons. The van der Waals surface area contributed by atoms with Crippen LogP contribution in [0.4, 0.5) is 0 Å². The first-order chi connectivity index (χ1) is 16.6. The highest BCUT2D eigenvalue weighted by Gasteiger charge is 2.47. The largest absolute Gasteiger partial charge is 0.459 e. The van der Waals surface area contributed by atoms with E-state index < -0.39 is 29.3 Å². The van der Waals surface area contributed by atoms with Gasteiger partial charge in [0.15, 0.2) is 0 Å². The van der Waals surface area contributed by atoms with E-state index in [0.29, 0.717) is 0 Å². The zero-order valence-electron chi connectivity index (χ0n) is 20.7. The van der Waals surface area contributed by atoms with E-state index in [1.54, 1.807) is 0 Å². The number of ether oxygens (including phenoxy) is 1. The number of benzene rings is 3. The number of Topliss-reactive ketones (excluding diaryl/α,β-unsaturated/α-hetero) is 1. The van der Waals surface area contributed by atoms with Crippen LogP contribution in [0.15, 0.2) is 78.9 Å². The number of hydrogen-bond donors (Lipinski definition) is 2. The third-order valence-corrected chi connectivity index (χ3v) is 6.27. The third kappa shape index (κ3) is 5.07. The standard InChI is InChI=1S/C30H33NO4/c1-20(32)18-22(33)19-27(28(34)35-29(2,3)4)31-30(21-12-6-5-7-13-21)25-16-10-8-14-23(25)24-15-9-11-17-26(24)30/h5-17,22,27,31,33H,18-19H2,1-4H3/t22-,27-/m0/s1. The van der Waals surface area contributed by atoms with Gasteiger partial charge in [-0.25, -0.2) is 0 Å². The van der Waals surface area contributed by atoms with E-state index >= 15 is 0 Å². The SMILES string of the molecule is CC(=O)C[C@H](O)C[C@H](NC1(c2ccccc2)c2ccccc2-c2ccccc21)C(=O)OC(C)(C)C. The molecule has 3 aromatic rings. The lowest BCUT2D eigenvalue weighted by molar-refractivity contribution is -0.159. The number of aliphatic hydroxyl groups excluding tert-OH is 1. The summed E-state index contributed by atoms with van der Waals surface area (Å²) in [4.78, 5) is 25.2. The number of carbonyl (C=O) groups is 2. The number of hydrogen-bond acceptors (Lipinski definition) is 5. The Balaban J connectivity index is 1.88. The minimum atomic E-state index is -0.975. The Hall–Kier alpha value is -3.28. The highest BCUT2D eigenvalue weighted by molar-refractivity contribution is 5.84. The van der Waals surface area contributed by atoms with Gasteiger partial charge >= 0.3 is 5.97 Å². The highest BCUT2D eigenvalue weighted by Crippen LogP contribution is 2.51. The van der Waals surface area contributed by atoms with Crippen molar-refractivity contribution >= 4 is 11.8 Å². The first kappa shape index (κ1) is 24.8. The molecule has 0 aromatic heterocycles. The second kappa shape index (κ2) is 9.76. The Morgan fingerprint density at radius 3 is 1.91 bits per heavy atom. The van der Waals surface area contributed by atoms with Crippen molar-refractivity contribution in [3.8, 4) is 11.1 Å². The van der Waals surface area contributed by atoms with Gasteiger partial charge in [0.2, 0.25) is 0 Å². The summed E-state index contributed by atoms with van der Waals surface area (Å²) in [7, 11) is 0. The van der Waals surface area contributed by atoms with Crippen LogP contribution in [0.2, 0.25) is 0 Å². The maximum absolute atomic E-state index is 13.5. The number of ketones is 1. The van der Waals surface area contributed by atoms with Crippen LogP contribution in [-0.2, 0) is 19.9 Å². The molecule has 35 heavy (non-hydrogen) atoms. The summed E-state index contributed by atoms with van der Waals surface area (Å²) in [6.45, 7) is 6.90. The van der Waals surface area contributed by atoms with Crippen LogP contribution in [0.25, 0.3) is 11.1 Å². The van der Waals surface area contributed by atoms with E-state index in [0.717, 1.165) is 27.8 Å². The van der Waals surface area contributed by atoms with Crippen molar-refractivity contribution in [3.05, 3.63) is 95.6 Å².